The number of nitrogens with zero attached hydrogens (tertiary/aromatic N) is 4. The van der Waals surface area contributed by atoms with Crippen LogP contribution in [0.1, 0.15) is 5.76 Å². The van der Waals surface area contributed by atoms with Gasteiger partial charge in [0.15, 0.2) is 11.6 Å². The monoisotopic (exact) mass is 302 g/mol. The molecule has 0 bridgehead atoms. The molecule has 0 amide bonds. The van der Waals surface area contributed by atoms with E-state index in [4.69, 9.17) is 16.1 Å². The molecule has 0 fully saturated rings. The third-order valence-corrected chi connectivity index (χ3v) is 2.80. The first kappa shape index (κ1) is 13.3. The molecule has 3 aromatic rings. The molecule has 0 aliphatic rings. The van der Waals surface area contributed by atoms with Crippen LogP contribution in [-0.2, 0) is 0 Å². The standard InChI is InChI=1S/C13H11ClN6O/c1-8-6-11(20-21-8)17-12-7-15-19-13(18-12)16-10-4-2-9(14)3-5-10/h2-7H,1H3,(H2,16,17,18,19,20). The Bertz CT molecular complexity index is 742. The summed E-state index contributed by atoms with van der Waals surface area (Å²) in [5, 5.41) is 18.3. The Labute approximate surface area is 125 Å². The molecule has 0 aliphatic heterocycles. The van der Waals surface area contributed by atoms with E-state index in [2.05, 4.69) is 31.0 Å². The van der Waals surface area contributed by atoms with Crippen LogP contribution in [0.4, 0.5) is 23.3 Å². The van der Waals surface area contributed by atoms with Gasteiger partial charge in [-0.1, -0.05) is 16.8 Å². The Hall–Kier alpha value is -2.67. The number of benzene rings is 1. The van der Waals surface area contributed by atoms with Crippen LogP contribution in [0.5, 0.6) is 0 Å². The summed E-state index contributed by atoms with van der Waals surface area (Å²) in [4.78, 5) is 4.28. The van der Waals surface area contributed by atoms with Gasteiger partial charge in [-0.2, -0.15) is 10.1 Å². The molecule has 0 saturated heterocycles. The van der Waals surface area contributed by atoms with Crippen LogP contribution in [0.15, 0.2) is 41.1 Å². The summed E-state index contributed by atoms with van der Waals surface area (Å²) < 4.78 is 4.97. The number of rotatable bonds is 4. The van der Waals surface area contributed by atoms with Crippen LogP contribution in [0.25, 0.3) is 0 Å². The summed E-state index contributed by atoms with van der Waals surface area (Å²) >= 11 is 5.83. The van der Waals surface area contributed by atoms with Gasteiger partial charge in [0.25, 0.3) is 0 Å². The zero-order valence-electron chi connectivity index (χ0n) is 11.0. The second kappa shape index (κ2) is 5.76. The van der Waals surface area contributed by atoms with E-state index in [-0.39, 0.29) is 0 Å². The molecule has 2 heterocycles. The molecule has 1 aromatic carbocycles. The number of aromatic nitrogens is 4. The van der Waals surface area contributed by atoms with Crippen LogP contribution in [-0.4, -0.2) is 20.3 Å². The van der Waals surface area contributed by atoms with Crippen LogP contribution in [0.2, 0.25) is 5.02 Å². The highest BCUT2D eigenvalue weighted by molar-refractivity contribution is 6.30. The first-order valence-electron chi connectivity index (χ1n) is 6.12. The van der Waals surface area contributed by atoms with Gasteiger partial charge in [0.1, 0.15) is 5.76 Å². The molecule has 0 radical (unpaired) electrons. The lowest BCUT2D eigenvalue weighted by molar-refractivity contribution is 0.400. The average Bonchev–Trinajstić information content (AvgIpc) is 2.87. The lowest BCUT2D eigenvalue weighted by atomic mass is 10.3. The summed E-state index contributed by atoms with van der Waals surface area (Å²) in [5.74, 6) is 2.14. The van der Waals surface area contributed by atoms with Gasteiger partial charge in [0.2, 0.25) is 5.95 Å². The normalized spacial score (nSPS) is 10.4. The van der Waals surface area contributed by atoms with Crippen LogP contribution in [0, 0.1) is 6.92 Å². The minimum Gasteiger partial charge on any atom is -0.360 e. The molecule has 2 aromatic heterocycles. The fourth-order valence-corrected chi connectivity index (χ4v) is 1.76. The quantitative estimate of drug-likeness (QED) is 0.764. The summed E-state index contributed by atoms with van der Waals surface area (Å²) in [7, 11) is 0. The number of hydrogen-bond donors (Lipinski definition) is 2. The highest BCUT2D eigenvalue weighted by Crippen LogP contribution is 2.18. The SMILES string of the molecule is Cc1cc(Nc2cnnc(Nc3ccc(Cl)cc3)n2)no1. The maximum Gasteiger partial charge on any atom is 0.249 e. The lowest BCUT2D eigenvalue weighted by Crippen LogP contribution is -2.02. The zero-order valence-corrected chi connectivity index (χ0v) is 11.8. The second-order valence-corrected chi connectivity index (χ2v) is 4.68. The fraction of sp³-hybridized carbons (Fsp3) is 0.0769. The van der Waals surface area contributed by atoms with E-state index in [1.165, 1.54) is 6.20 Å². The number of halogens is 1. The van der Waals surface area contributed by atoms with Gasteiger partial charge < -0.3 is 15.2 Å². The van der Waals surface area contributed by atoms with Crippen molar-refractivity contribution in [2.75, 3.05) is 10.6 Å². The molecule has 3 rings (SSSR count). The molecular formula is C13H11ClN6O. The predicted octanol–water partition coefficient (Wildman–Crippen LogP) is 3.31. The third-order valence-electron chi connectivity index (χ3n) is 2.54. The number of nitrogens with one attached hydrogen (secondary N) is 2. The molecule has 21 heavy (non-hydrogen) atoms. The number of aryl methyl sites for hydroxylation is 1. The smallest absolute Gasteiger partial charge is 0.249 e. The van der Waals surface area contributed by atoms with Gasteiger partial charge in [-0.3, -0.25) is 0 Å². The molecule has 0 spiro atoms. The predicted molar refractivity (Wildman–Crippen MR) is 79.1 cm³/mol. The van der Waals surface area contributed by atoms with Crippen molar-refractivity contribution in [1.82, 2.24) is 20.3 Å². The Balaban J connectivity index is 1.75. The van der Waals surface area contributed by atoms with E-state index in [0.717, 1.165) is 5.69 Å². The topological polar surface area (TPSA) is 88.8 Å². The van der Waals surface area contributed by atoms with E-state index < -0.39 is 0 Å². The molecule has 106 valence electrons. The van der Waals surface area contributed by atoms with Crippen molar-refractivity contribution in [3.63, 3.8) is 0 Å². The molecule has 0 aliphatic carbocycles. The Kier molecular flexibility index (Phi) is 3.65. The first-order chi connectivity index (χ1) is 10.2. The van der Waals surface area contributed by atoms with Crippen LogP contribution < -0.4 is 10.6 Å². The summed E-state index contributed by atoms with van der Waals surface area (Å²) in [6.07, 6.45) is 1.50. The van der Waals surface area contributed by atoms with E-state index in [1.807, 2.05) is 19.1 Å². The van der Waals surface area contributed by atoms with Crippen LogP contribution in [0.3, 0.4) is 0 Å². The van der Waals surface area contributed by atoms with Crippen molar-refractivity contribution in [1.29, 1.82) is 0 Å². The Morgan fingerprint density at radius 2 is 1.90 bits per heavy atom. The molecule has 7 nitrogen and oxygen atoms in total. The van der Waals surface area contributed by atoms with E-state index >= 15 is 0 Å². The maximum absolute atomic E-state index is 5.83. The van der Waals surface area contributed by atoms with Gasteiger partial charge in [-0.15, -0.1) is 5.10 Å². The van der Waals surface area contributed by atoms with Crippen molar-refractivity contribution < 1.29 is 4.52 Å². The summed E-state index contributed by atoms with van der Waals surface area (Å²) in [6.45, 7) is 1.81. The van der Waals surface area contributed by atoms with Gasteiger partial charge in [-0.05, 0) is 31.2 Å². The molecule has 0 saturated carbocycles. The second-order valence-electron chi connectivity index (χ2n) is 4.24. The fourth-order valence-electron chi connectivity index (χ4n) is 1.64. The van der Waals surface area contributed by atoms with Crippen molar-refractivity contribution in [2.45, 2.75) is 6.92 Å². The summed E-state index contributed by atoms with van der Waals surface area (Å²) in [5.41, 5.74) is 0.815. The highest BCUT2D eigenvalue weighted by atomic mass is 35.5. The van der Waals surface area contributed by atoms with Gasteiger partial charge in [-0.25, -0.2) is 0 Å². The van der Waals surface area contributed by atoms with Gasteiger partial charge in [0.05, 0.1) is 6.20 Å². The largest absolute Gasteiger partial charge is 0.360 e. The van der Waals surface area contributed by atoms with Crippen molar-refractivity contribution in [3.8, 4) is 0 Å². The molecule has 0 atom stereocenters. The van der Waals surface area contributed by atoms with E-state index in [0.29, 0.717) is 28.4 Å². The minimum atomic E-state index is 0.363. The highest BCUT2D eigenvalue weighted by Gasteiger charge is 2.04. The molecule has 8 heteroatoms. The molecular weight excluding hydrogens is 292 g/mol. The first-order valence-corrected chi connectivity index (χ1v) is 6.49. The molecule has 2 N–H and O–H groups in total. The maximum atomic E-state index is 5.83. The van der Waals surface area contributed by atoms with Crippen molar-refractivity contribution in [2.24, 2.45) is 0 Å². The van der Waals surface area contributed by atoms with E-state index in [9.17, 15) is 0 Å². The number of hydrogen-bond acceptors (Lipinski definition) is 7. The van der Waals surface area contributed by atoms with Crippen LogP contribution >= 0.6 is 11.6 Å². The summed E-state index contributed by atoms with van der Waals surface area (Å²) in [6, 6.07) is 8.96. The van der Waals surface area contributed by atoms with Crippen molar-refractivity contribution in [3.05, 3.63) is 47.3 Å². The Morgan fingerprint density at radius 1 is 1.10 bits per heavy atom. The Morgan fingerprint density at radius 3 is 2.62 bits per heavy atom. The van der Waals surface area contributed by atoms with Gasteiger partial charge >= 0.3 is 0 Å². The third kappa shape index (κ3) is 3.46. The van der Waals surface area contributed by atoms with Gasteiger partial charge in [0, 0.05) is 16.8 Å². The zero-order chi connectivity index (χ0) is 14.7. The van der Waals surface area contributed by atoms with Crippen molar-refractivity contribution >= 4 is 34.9 Å². The lowest BCUT2D eigenvalue weighted by Gasteiger charge is -2.05. The van der Waals surface area contributed by atoms with E-state index in [1.54, 1.807) is 18.2 Å². The molecule has 0 unspecified atom stereocenters. The average molecular weight is 303 g/mol. The number of anilines is 4. The minimum absolute atomic E-state index is 0.363.